The summed E-state index contributed by atoms with van der Waals surface area (Å²) in [4.78, 5) is 32.8. The Morgan fingerprint density at radius 3 is 2.28 bits per heavy atom. The third-order valence-electron chi connectivity index (χ3n) is 8.45. The van der Waals surface area contributed by atoms with Gasteiger partial charge in [-0.25, -0.2) is 9.88 Å². The first-order valence-electron chi connectivity index (χ1n) is 11.2. The normalized spacial score (nSPS) is 38.0. The minimum Gasteiger partial charge on any atom is -0.327 e. The lowest BCUT2D eigenvalue weighted by Crippen LogP contribution is -2.40. The van der Waals surface area contributed by atoms with Crippen molar-refractivity contribution in [1.29, 1.82) is 0 Å². The molecular formula is C24H25N3O2. The van der Waals surface area contributed by atoms with Crippen molar-refractivity contribution in [2.24, 2.45) is 35.5 Å². The second-order valence-corrected chi connectivity index (χ2v) is 9.78. The number of nitrogens with zero attached hydrogens (tertiary/aromatic N) is 3. The predicted molar refractivity (Wildman–Crippen MR) is 109 cm³/mol. The second kappa shape index (κ2) is 5.59. The second-order valence-electron chi connectivity index (χ2n) is 9.78. The lowest BCUT2D eigenvalue weighted by atomic mass is 9.63. The smallest absolute Gasteiger partial charge is 0.238 e. The highest BCUT2D eigenvalue weighted by Gasteiger charge is 2.67. The Kier molecular flexibility index (Phi) is 3.15. The van der Waals surface area contributed by atoms with Crippen LogP contribution in [0.3, 0.4) is 0 Å². The van der Waals surface area contributed by atoms with Gasteiger partial charge in [-0.05, 0) is 61.1 Å². The lowest BCUT2D eigenvalue weighted by Gasteiger charge is -2.37. The van der Waals surface area contributed by atoms with E-state index in [-0.39, 0.29) is 35.5 Å². The van der Waals surface area contributed by atoms with Gasteiger partial charge in [-0.2, -0.15) is 0 Å². The molecule has 0 unspecified atom stereocenters. The van der Waals surface area contributed by atoms with Crippen molar-refractivity contribution in [3.8, 4) is 0 Å². The highest BCUT2D eigenvalue weighted by atomic mass is 16.2. The molecule has 148 valence electrons. The van der Waals surface area contributed by atoms with Gasteiger partial charge in [0.1, 0.15) is 0 Å². The quantitative estimate of drug-likeness (QED) is 0.576. The summed E-state index contributed by atoms with van der Waals surface area (Å²) in [6, 6.07) is 6.47. The summed E-state index contributed by atoms with van der Waals surface area (Å²) in [5.74, 6) is 1.55. The van der Waals surface area contributed by atoms with Crippen molar-refractivity contribution in [2.75, 3.05) is 4.90 Å². The summed E-state index contributed by atoms with van der Waals surface area (Å²) in [5, 5.41) is 0. The van der Waals surface area contributed by atoms with Crippen LogP contribution in [0, 0.1) is 35.5 Å². The number of carbonyl (C=O) groups is 2. The van der Waals surface area contributed by atoms with Crippen molar-refractivity contribution in [3.63, 3.8) is 0 Å². The maximum Gasteiger partial charge on any atom is 0.238 e. The fourth-order valence-corrected chi connectivity index (χ4v) is 7.02. The number of carbonyl (C=O) groups excluding carboxylic acids is 2. The first kappa shape index (κ1) is 16.4. The Morgan fingerprint density at radius 1 is 0.897 bits per heavy atom. The molecular weight excluding hydrogens is 362 g/mol. The molecule has 1 saturated heterocycles. The molecule has 1 aliphatic heterocycles. The standard InChI is InChI=1S/C24H25N3O2/c28-23-21-15-7-8-16(18-11-17(15)18)22(21)24(29)27(23)14-6-9-20-19(10-14)25-12-26(20)13-4-2-1-3-5-13/h6-10,12-13,15-18,21-22H,1-5,11H2/t15-,16-,17-,18+,21+,22+/m1/s1. The molecule has 6 atom stereocenters. The van der Waals surface area contributed by atoms with Crippen molar-refractivity contribution >= 4 is 28.5 Å². The predicted octanol–water partition coefficient (Wildman–Crippen LogP) is 4.10. The number of fused-ring (bicyclic) bond motifs is 1. The molecule has 6 aliphatic rings. The summed E-state index contributed by atoms with van der Waals surface area (Å²) in [6.07, 6.45) is 13.9. The highest BCUT2D eigenvalue weighted by molar-refractivity contribution is 6.23. The third kappa shape index (κ3) is 2.08. The van der Waals surface area contributed by atoms with Gasteiger partial charge in [0.15, 0.2) is 0 Å². The zero-order valence-electron chi connectivity index (χ0n) is 16.4. The Morgan fingerprint density at radius 2 is 1.59 bits per heavy atom. The number of hydrogen-bond donors (Lipinski definition) is 0. The van der Waals surface area contributed by atoms with Gasteiger partial charge in [0.2, 0.25) is 11.8 Å². The van der Waals surface area contributed by atoms with E-state index < -0.39 is 0 Å². The maximum atomic E-state index is 13.3. The van der Waals surface area contributed by atoms with Crippen molar-refractivity contribution in [2.45, 2.75) is 44.6 Å². The minimum absolute atomic E-state index is 0.00997. The number of hydrogen-bond acceptors (Lipinski definition) is 3. The zero-order valence-corrected chi connectivity index (χ0v) is 16.4. The number of anilines is 1. The zero-order chi connectivity index (χ0) is 19.3. The lowest BCUT2D eigenvalue weighted by molar-refractivity contribution is -0.124. The van der Waals surface area contributed by atoms with Crippen molar-refractivity contribution < 1.29 is 9.59 Å². The van der Waals surface area contributed by atoms with Crippen molar-refractivity contribution in [3.05, 3.63) is 36.7 Å². The number of allylic oxidation sites excluding steroid dienone is 2. The molecule has 2 heterocycles. The largest absolute Gasteiger partial charge is 0.327 e. The monoisotopic (exact) mass is 387 g/mol. The number of imidazole rings is 1. The van der Waals surface area contributed by atoms with E-state index in [1.165, 1.54) is 43.4 Å². The van der Waals surface area contributed by atoms with Crippen LogP contribution in [0.1, 0.15) is 44.6 Å². The van der Waals surface area contributed by atoms with Gasteiger partial charge in [-0.15, -0.1) is 0 Å². The van der Waals surface area contributed by atoms with Gasteiger partial charge < -0.3 is 4.57 Å². The Bertz CT molecular complexity index is 1040. The maximum absolute atomic E-state index is 13.3. The van der Waals surface area contributed by atoms with Gasteiger partial charge in [-0.1, -0.05) is 31.4 Å². The van der Waals surface area contributed by atoms with Gasteiger partial charge in [0.25, 0.3) is 0 Å². The van der Waals surface area contributed by atoms with E-state index in [0.717, 1.165) is 11.0 Å². The molecule has 0 spiro atoms. The van der Waals surface area contributed by atoms with Gasteiger partial charge in [0.05, 0.1) is 34.9 Å². The molecule has 29 heavy (non-hydrogen) atoms. The number of imide groups is 1. The van der Waals surface area contributed by atoms with Crippen LogP contribution in [0.2, 0.25) is 0 Å². The summed E-state index contributed by atoms with van der Waals surface area (Å²) in [7, 11) is 0. The molecule has 8 rings (SSSR count). The average Bonchev–Trinajstić information content (AvgIpc) is 3.42. The molecule has 2 bridgehead atoms. The van der Waals surface area contributed by atoms with Crippen LogP contribution in [-0.4, -0.2) is 21.4 Å². The van der Waals surface area contributed by atoms with Crippen LogP contribution in [0.4, 0.5) is 5.69 Å². The Hall–Kier alpha value is -2.43. The summed E-state index contributed by atoms with van der Waals surface area (Å²) >= 11 is 0. The first-order chi connectivity index (χ1) is 14.2. The van der Waals surface area contributed by atoms with E-state index >= 15 is 0 Å². The molecule has 2 aromatic rings. The Labute approximate surface area is 169 Å². The van der Waals surface area contributed by atoms with E-state index in [1.54, 1.807) is 0 Å². The molecule has 0 radical (unpaired) electrons. The van der Waals surface area contributed by atoms with E-state index in [9.17, 15) is 9.59 Å². The van der Waals surface area contributed by atoms with Crippen LogP contribution in [0.5, 0.6) is 0 Å². The van der Waals surface area contributed by atoms with Gasteiger partial charge in [0, 0.05) is 6.04 Å². The molecule has 1 aromatic carbocycles. The number of amides is 2. The SMILES string of the molecule is O=C1[C@H]2[C@@H]3C=C[C@H]([C@@H]4C[C@H]34)[C@@H]2C(=O)N1c1ccc2c(c1)ncn2C1CCCCC1. The number of rotatable bonds is 2. The first-order valence-corrected chi connectivity index (χ1v) is 11.2. The Balaban J connectivity index is 1.25. The van der Waals surface area contributed by atoms with Crippen LogP contribution in [-0.2, 0) is 9.59 Å². The molecule has 2 amide bonds. The molecule has 5 nitrogen and oxygen atoms in total. The summed E-state index contributed by atoms with van der Waals surface area (Å²) < 4.78 is 2.29. The molecule has 5 aliphatic carbocycles. The van der Waals surface area contributed by atoms with Crippen LogP contribution >= 0.6 is 0 Å². The van der Waals surface area contributed by atoms with E-state index in [0.29, 0.717) is 23.6 Å². The van der Waals surface area contributed by atoms with E-state index in [4.69, 9.17) is 0 Å². The summed E-state index contributed by atoms with van der Waals surface area (Å²) in [6.45, 7) is 0. The van der Waals surface area contributed by atoms with E-state index in [1.807, 2.05) is 18.5 Å². The third-order valence-corrected chi connectivity index (χ3v) is 8.45. The number of benzene rings is 1. The molecule has 4 fully saturated rings. The van der Waals surface area contributed by atoms with Crippen LogP contribution in [0.25, 0.3) is 11.0 Å². The average molecular weight is 387 g/mol. The van der Waals surface area contributed by atoms with Crippen molar-refractivity contribution in [1.82, 2.24) is 9.55 Å². The fraction of sp³-hybridized carbons (Fsp3) is 0.542. The topological polar surface area (TPSA) is 55.2 Å². The van der Waals surface area contributed by atoms with Gasteiger partial charge in [-0.3, -0.25) is 9.59 Å². The minimum atomic E-state index is -0.142. The van der Waals surface area contributed by atoms with E-state index in [2.05, 4.69) is 27.8 Å². The summed E-state index contributed by atoms with van der Waals surface area (Å²) in [5.41, 5.74) is 2.69. The molecule has 0 N–H and O–H groups in total. The number of aromatic nitrogens is 2. The fourth-order valence-electron chi connectivity index (χ4n) is 7.02. The highest BCUT2D eigenvalue weighted by Crippen LogP contribution is 2.65. The van der Waals surface area contributed by atoms with Gasteiger partial charge >= 0.3 is 0 Å². The van der Waals surface area contributed by atoms with Crippen LogP contribution < -0.4 is 4.90 Å². The molecule has 5 heteroatoms. The van der Waals surface area contributed by atoms with Crippen LogP contribution in [0.15, 0.2) is 36.7 Å². The molecule has 3 saturated carbocycles. The molecule has 1 aromatic heterocycles.